The Labute approximate surface area is 186 Å². The van der Waals surface area contributed by atoms with Crippen LogP contribution in [0, 0.1) is 5.82 Å². The number of para-hydroxylation sites is 1. The van der Waals surface area contributed by atoms with Crippen LogP contribution in [0.1, 0.15) is 30.4 Å². The number of benzene rings is 2. The molecule has 172 valence electrons. The lowest BCUT2D eigenvalue weighted by atomic mass is 9.88. The fourth-order valence-corrected chi connectivity index (χ4v) is 4.61. The van der Waals surface area contributed by atoms with Crippen molar-refractivity contribution in [3.8, 4) is 5.75 Å². The average molecular weight is 443 g/mol. The number of aliphatic hydroxyl groups excluding tert-OH is 1. The molecule has 1 aliphatic rings. The number of nitrogens with one attached hydrogen (secondary N) is 2. The summed E-state index contributed by atoms with van der Waals surface area (Å²) in [5, 5.41) is 17.5. The van der Waals surface area contributed by atoms with Crippen molar-refractivity contribution in [1.29, 1.82) is 0 Å². The minimum atomic E-state index is -0.521. The van der Waals surface area contributed by atoms with E-state index in [4.69, 9.17) is 4.74 Å². The van der Waals surface area contributed by atoms with Crippen LogP contribution >= 0.6 is 0 Å². The SMILES string of the molecule is COc1ccccc1CN[C@@H]1CC[C@@H](NCc2cc3c(cc2F)n(C)c(=O)n3C)[C@H](O)C1. The Morgan fingerprint density at radius 3 is 2.47 bits per heavy atom. The quantitative estimate of drug-likeness (QED) is 0.523. The molecule has 0 radical (unpaired) electrons. The summed E-state index contributed by atoms with van der Waals surface area (Å²) in [4.78, 5) is 12.1. The van der Waals surface area contributed by atoms with E-state index in [2.05, 4.69) is 10.6 Å². The second-order valence-corrected chi connectivity index (χ2v) is 8.59. The number of ether oxygens (including phenoxy) is 1. The van der Waals surface area contributed by atoms with E-state index in [0.29, 0.717) is 36.1 Å². The number of nitrogens with zero attached hydrogens (tertiary/aromatic N) is 2. The second kappa shape index (κ2) is 9.44. The van der Waals surface area contributed by atoms with Crippen LogP contribution in [0.3, 0.4) is 0 Å². The molecule has 0 unspecified atom stereocenters. The number of aliphatic hydroxyl groups is 1. The third-order valence-electron chi connectivity index (χ3n) is 6.59. The van der Waals surface area contributed by atoms with E-state index in [0.717, 1.165) is 24.2 Å². The van der Waals surface area contributed by atoms with Crippen molar-refractivity contribution in [2.45, 2.75) is 50.5 Å². The third-order valence-corrected chi connectivity index (χ3v) is 6.59. The molecular formula is C24H31FN4O3. The maximum absolute atomic E-state index is 14.6. The van der Waals surface area contributed by atoms with Crippen LogP contribution in [-0.2, 0) is 27.2 Å². The van der Waals surface area contributed by atoms with Gasteiger partial charge in [0.15, 0.2) is 0 Å². The van der Waals surface area contributed by atoms with Gasteiger partial charge >= 0.3 is 5.69 Å². The molecule has 3 atom stereocenters. The predicted octanol–water partition coefficient (Wildman–Crippen LogP) is 2.19. The highest BCUT2D eigenvalue weighted by Gasteiger charge is 2.29. The van der Waals surface area contributed by atoms with Gasteiger partial charge in [0.1, 0.15) is 11.6 Å². The van der Waals surface area contributed by atoms with Gasteiger partial charge in [-0.05, 0) is 31.4 Å². The van der Waals surface area contributed by atoms with Crippen molar-refractivity contribution < 1.29 is 14.2 Å². The first kappa shape index (κ1) is 22.5. The zero-order chi connectivity index (χ0) is 22.8. The molecule has 0 saturated heterocycles. The maximum Gasteiger partial charge on any atom is 0.328 e. The number of imidazole rings is 1. The number of hydrogen-bond acceptors (Lipinski definition) is 5. The van der Waals surface area contributed by atoms with Gasteiger partial charge in [-0.25, -0.2) is 9.18 Å². The molecule has 3 aromatic rings. The van der Waals surface area contributed by atoms with Crippen LogP contribution in [0.5, 0.6) is 5.75 Å². The number of fused-ring (bicyclic) bond motifs is 1. The molecule has 1 saturated carbocycles. The summed E-state index contributed by atoms with van der Waals surface area (Å²) < 4.78 is 23.0. The van der Waals surface area contributed by atoms with Crippen molar-refractivity contribution >= 4 is 11.0 Å². The van der Waals surface area contributed by atoms with Crippen LogP contribution in [0.25, 0.3) is 11.0 Å². The van der Waals surface area contributed by atoms with Crippen LogP contribution in [0.2, 0.25) is 0 Å². The van der Waals surface area contributed by atoms with Crippen molar-refractivity contribution in [3.63, 3.8) is 0 Å². The molecular weight excluding hydrogens is 411 g/mol. The molecule has 3 N–H and O–H groups in total. The van der Waals surface area contributed by atoms with Gasteiger partial charge in [0.2, 0.25) is 0 Å². The number of halogens is 1. The van der Waals surface area contributed by atoms with E-state index in [9.17, 15) is 14.3 Å². The topological polar surface area (TPSA) is 80.5 Å². The normalized spacial score (nSPS) is 21.2. The molecule has 4 rings (SSSR count). The summed E-state index contributed by atoms with van der Waals surface area (Å²) in [6.07, 6.45) is 1.81. The molecule has 0 spiro atoms. The van der Waals surface area contributed by atoms with E-state index in [1.807, 2.05) is 24.3 Å². The van der Waals surface area contributed by atoms with Gasteiger partial charge in [-0.3, -0.25) is 9.13 Å². The maximum atomic E-state index is 14.6. The first-order chi connectivity index (χ1) is 15.4. The highest BCUT2D eigenvalue weighted by Crippen LogP contribution is 2.23. The molecule has 1 aliphatic carbocycles. The monoisotopic (exact) mass is 442 g/mol. The highest BCUT2D eigenvalue weighted by atomic mass is 19.1. The number of aromatic nitrogens is 2. The van der Waals surface area contributed by atoms with Crippen LogP contribution < -0.4 is 21.1 Å². The average Bonchev–Trinajstić information content (AvgIpc) is 3.00. The van der Waals surface area contributed by atoms with Crippen molar-refractivity contribution in [1.82, 2.24) is 19.8 Å². The Morgan fingerprint density at radius 2 is 1.75 bits per heavy atom. The Kier molecular flexibility index (Phi) is 6.64. The summed E-state index contributed by atoms with van der Waals surface area (Å²) in [7, 11) is 4.99. The lowest BCUT2D eigenvalue weighted by Gasteiger charge is -2.34. The first-order valence-electron chi connectivity index (χ1n) is 11.0. The number of hydrogen-bond donors (Lipinski definition) is 3. The summed E-state index contributed by atoms with van der Waals surface area (Å²) in [6, 6.07) is 11.1. The third kappa shape index (κ3) is 4.44. The highest BCUT2D eigenvalue weighted by molar-refractivity contribution is 5.77. The summed E-state index contributed by atoms with van der Waals surface area (Å²) >= 11 is 0. The number of rotatable bonds is 7. The molecule has 32 heavy (non-hydrogen) atoms. The standard InChI is InChI=1S/C24H31FN4O3/c1-28-20-10-16(18(25)12-21(20)29(2)24(28)31)14-27-19-9-8-17(11-22(19)30)26-13-15-6-4-5-7-23(15)32-3/h4-7,10,12,17,19,22,26-27,30H,8-9,11,13-14H2,1-3H3/t17-,19-,22-/m1/s1. The molecule has 0 amide bonds. The lowest BCUT2D eigenvalue weighted by Crippen LogP contribution is -2.48. The molecule has 1 aromatic heterocycles. The largest absolute Gasteiger partial charge is 0.496 e. The van der Waals surface area contributed by atoms with Crippen LogP contribution in [0.15, 0.2) is 41.2 Å². The molecule has 0 bridgehead atoms. The van der Waals surface area contributed by atoms with Gasteiger partial charge < -0.3 is 20.5 Å². The zero-order valence-corrected chi connectivity index (χ0v) is 18.8. The van der Waals surface area contributed by atoms with E-state index in [1.165, 1.54) is 15.2 Å². The van der Waals surface area contributed by atoms with Crippen LogP contribution in [0.4, 0.5) is 4.39 Å². The van der Waals surface area contributed by atoms with Gasteiger partial charge in [-0.2, -0.15) is 0 Å². The van der Waals surface area contributed by atoms with Crippen molar-refractivity contribution in [3.05, 3.63) is 63.8 Å². The van der Waals surface area contributed by atoms with Gasteiger partial charge in [0, 0.05) is 56.5 Å². The summed E-state index contributed by atoms with van der Waals surface area (Å²) in [5.74, 6) is 0.499. The van der Waals surface area contributed by atoms with E-state index >= 15 is 0 Å². The Morgan fingerprint density at radius 1 is 1.06 bits per heavy atom. The summed E-state index contributed by atoms with van der Waals surface area (Å²) in [5.41, 5.74) is 2.66. The van der Waals surface area contributed by atoms with Gasteiger partial charge in [-0.15, -0.1) is 0 Å². The molecule has 1 fully saturated rings. The van der Waals surface area contributed by atoms with Gasteiger partial charge in [0.25, 0.3) is 0 Å². The first-order valence-corrected chi connectivity index (χ1v) is 11.0. The Balaban J connectivity index is 1.34. The molecule has 1 heterocycles. The fraction of sp³-hybridized carbons (Fsp3) is 0.458. The molecule has 2 aromatic carbocycles. The molecule has 7 nitrogen and oxygen atoms in total. The van der Waals surface area contributed by atoms with Crippen LogP contribution in [-0.4, -0.2) is 39.5 Å². The minimum absolute atomic E-state index is 0.103. The van der Waals surface area contributed by atoms with E-state index in [1.54, 1.807) is 27.3 Å². The van der Waals surface area contributed by atoms with Gasteiger partial charge in [0.05, 0.1) is 24.2 Å². The molecule has 8 heteroatoms. The second-order valence-electron chi connectivity index (χ2n) is 8.59. The van der Waals surface area contributed by atoms with Gasteiger partial charge in [-0.1, -0.05) is 18.2 Å². The predicted molar refractivity (Wildman–Crippen MR) is 122 cm³/mol. The Hall–Kier alpha value is -2.68. The lowest BCUT2D eigenvalue weighted by molar-refractivity contribution is 0.0740. The Bertz CT molecular complexity index is 1160. The number of aryl methyl sites for hydroxylation is 2. The fourth-order valence-electron chi connectivity index (χ4n) is 4.61. The minimum Gasteiger partial charge on any atom is -0.496 e. The zero-order valence-electron chi connectivity index (χ0n) is 18.8. The van der Waals surface area contributed by atoms with Crippen molar-refractivity contribution in [2.24, 2.45) is 14.1 Å². The summed E-state index contributed by atoms with van der Waals surface area (Å²) in [6.45, 7) is 0.979. The van der Waals surface area contributed by atoms with E-state index < -0.39 is 6.10 Å². The molecule has 0 aliphatic heterocycles. The van der Waals surface area contributed by atoms with Crippen molar-refractivity contribution in [2.75, 3.05) is 7.11 Å². The van der Waals surface area contributed by atoms with E-state index in [-0.39, 0.29) is 23.6 Å². The smallest absolute Gasteiger partial charge is 0.328 e. The number of methoxy groups -OCH3 is 1.